The Hall–Kier alpha value is -0.430. The second-order valence-corrected chi connectivity index (χ2v) is 9.87. The minimum atomic E-state index is -3.29. The van der Waals surface area contributed by atoms with Gasteiger partial charge in [0.1, 0.15) is 4.21 Å². The van der Waals surface area contributed by atoms with Gasteiger partial charge in [-0.05, 0) is 43.7 Å². The fraction of sp³-hybridized carbons (Fsp3) is 0.733. The first kappa shape index (κ1) is 15.5. The van der Waals surface area contributed by atoms with Crippen LogP contribution in [0.15, 0.2) is 10.3 Å². The molecule has 6 heteroatoms. The molecule has 2 atom stereocenters. The van der Waals surface area contributed by atoms with Crippen LogP contribution in [-0.2, 0) is 16.6 Å². The highest BCUT2D eigenvalue weighted by Gasteiger charge is 2.44. The van der Waals surface area contributed by atoms with Gasteiger partial charge in [0.15, 0.2) is 0 Å². The number of nitrogens with one attached hydrogen (secondary N) is 1. The fourth-order valence-electron chi connectivity index (χ4n) is 3.38. The lowest BCUT2D eigenvalue weighted by Crippen LogP contribution is -2.37. The largest absolute Gasteiger partial charge is 0.310 e. The van der Waals surface area contributed by atoms with Gasteiger partial charge in [-0.25, -0.2) is 8.42 Å². The lowest BCUT2D eigenvalue weighted by Gasteiger charge is -2.25. The molecule has 1 saturated heterocycles. The Kier molecular flexibility index (Phi) is 4.16. The summed E-state index contributed by atoms with van der Waals surface area (Å²) in [6.45, 7) is 7.67. The van der Waals surface area contributed by atoms with E-state index in [4.69, 9.17) is 0 Å². The highest BCUT2D eigenvalue weighted by molar-refractivity contribution is 7.91. The van der Waals surface area contributed by atoms with Crippen molar-refractivity contribution in [2.45, 2.75) is 62.9 Å². The maximum absolute atomic E-state index is 12.8. The number of rotatable bonds is 5. The summed E-state index contributed by atoms with van der Waals surface area (Å²) in [6, 6.07) is 2.50. The molecule has 2 unspecified atom stereocenters. The van der Waals surface area contributed by atoms with E-state index in [1.165, 1.54) is 17.8 Å². The summed E-state index contributed by atoms with van der Waals surface area (Å²) in [5.74, 6) is 0.591. The molecular formula is C15H24N2O2S2. The number of piperidine rings is 1. The first-order valence-corrected chi connectivity index (χ1v) is 9.98. The van der Waals surface area contributed by atoms with Gasteiger partial charge in [0.05, 0.1) is 0 Å². The molecule has 0 aromatic carbocycles. The van der Waals surface area contributed by atoms with Crippen molar-refractivity contribution in [3.63, 3.8) is 0 Å². The van der Waals surface area contributed by atoms with E-state index >= 15 is 0 Å². The van der Waals surface area contributed by atoms with Crippen molar-refractivity contribution in [2.75, 3.05) is 6.54 Å². The third-order valence-electron chi connectivity index (χ3n) is 4.59. The van der Waals surface area contributed by atoms with Gasteiger partial charge < -0.3 is 5.32 Å². The predicted octanol–water partition coefficient (Wildman–Crippen LogP) is 2.73. The van der Waals surface area contributed by atoms with Crippen molar-refractivity contribution in [1.29, 1.82) is 0 Å². The van der Waals surface area contributed by atoms with Crippen LogP contribution >= 0.6 is 11.3 Å². The van der Waals surface area contributed by atoms with Crippen LogP contribution in [0, 0.1) is 12.8 Å². The van der Waals surface area contributed by atoms with Crippen molar-refractivity contribution in [1.82, 2.24) is 9.62 Å². The minimum absolute atomic E-state index is 0.250. The Labute approximate surface area is 131 Å². The van der Waals surface area contributed by atoms with Gasteiger partial charge in [-0.1, -0.05) is 13.8 Å². The number of nitrogens with zero attached hydrogens (tertiary/aromatic N) is 1. The number of hydrogen-bond acceptors (Lipinski definition) is 4. The summed E-state index contributed by atoms with van der Waals surface area (Å²) < 4.78 is 28.0. The summed E-state index contributed by atoms with van der Waals surface area (Å²) in [4.78, 5) is 1.13. The molecule has 0 amide bonds. The van der Waals surface area contributed by atoms with Crippen LogP contribution in [0.3, 0.4) is 0 Å². The van der Waals surface area contributed by atoms with Crippen LogP contribution in [0.1, 0.15) is 43.6 Å². The monoisotopic (exact) mass is 328 g/mol. The molecule has 2 heterocycles. The van der Waals surface area contributed by atoms with Crippen LogP contribution in [-0.4, -0.2) is 31.4 Å². The van der Waals surface area contributed by atoms with Crippen LogP contribution in [0.2, 0.25) is 0 Å². The summed E-state index contributed by atoms with van der Waals surface area (Å²) in [5, 5.41) is 3.37. The van der Waals surface area contributed by atoms with Crippen molar-refractivity contribution in [3.05, 3.63) is 16.5 Å². The zero-order valence-electron chi connectivity index (χ0n) is 12.9. The highest BCUT2D eigenvalue weighted by Crippen LogP contribution is 2.41. The minimum Gasteiger partial charge on any atom is -0.310 e. The second kappa shape index (κ2) is 5.65. The van der Waals surface area contributed by atoms with E-state index in [1.807, 2.05) is 13.0 Å². The lowest BCUT2D eigenvalue weighted by molar-refractivity contribution is 0.334. The second-order valence-electron chi connectivity index (χ2n) is 6.61. The first-order valence-electron chi connectivity index (χ1n) is 7.72. The molecule has 118 valence electrons. The third kappa shape index (κ3) is 2.91. The Balaban J connectivity index is 1.81. The van der Waals surface area contributed by atoms with E-state index in [1.54, 1.807) is 4.31 Å². The van der Waals surface area contributed by atoms with Crippen LogP contribution in [0.5, 0.6) is 0 Å². The number of hydrogen-bond donors (Lipinski definition) is 1. The normalized spacial score (nSPS) is 26.1. The number of aryl methyl sites for hydroxylation is 1. The van der Waals surface area contributed by atoms with Gasteiger partial charge in [-0.2, -0.15) is 4.31 Å². The topological polar surface area (TPSA) is 49.4 Å². The third-order valence-corrected chi connectivity index (χ3v) is 8.20. The fourth-order valence-corrected chi connectivity index (χ4v) is 6.79. The van der Waals surface area contributed by atoms with Gasteiger partial charge in [0.2, 0.25) is 0 Å². The molecular weight excluding hydrogens is 304 g/mol. The smallest absolute Gasteiger partial charge is 0.252 e. The Morgan fingerprint density at radius 1 is 1.43 bits per heavy atom. The average Bonchev–Trinajstić information content (AvgIpc) is 3.11. The SMILES string of the molecule is Cc1cc(S(=O)(=O)N2CC3CCC2C3)sc1CNC(C)C. The quantitative estimate of drug-likeness (QED) is 0.904. The number of fused-ring (bicyclic) bond motifs is 2. The summed E-state index contributed by atoms with van der Waals surface area (Å²) in [6.07, 6.45) is 3.30. The van der Waals surface area contributed by atoms with E-state index in [2.05, 4.69) is 19.2 Å². The summed E-state index contributed by atoms with van der Waals surface area (Å²) in [5.41, 5.74) is 1.08. The molecule has 1 aliphatic heterocycles. The van der Waals surface area contributed by atoms with E-state index in [-0.39, 0.29) is 6.04 Å². The van der Waals surface area contributed by atoms with E-state index < -0.39 is 10.0 Å². The Morgan fingerprint density at radius 3 is 2.76 bits per heavy atom. The molecule has 4 nitrogen and oxygen atoms in total. The number of thiophene rings is 1. The van der Waals surface area contributed by atoms with Crippen LogP contribution < -0.4 is 5.32 Å². The maximum Gasteiger partial charge on any atom is 0.252 e. The van der Waals surface area contributed by atoms with E-state index in [0.717, 1.165) is 36.4 Å². The van der Waals surface area contributed by atoms with Gasteiger partial charge in [-0.3, -0.25) is 0 Å². The zero-order valence-corrected chi connectivity index (χ0v) is 14.6. The molecule has 1 saturated carbocycles. The molecule has 2 aliphatic rings. The van der Waals surface area contributed by atoms with Crippen LogP contribution in [0.25, 0.3) is 0 Å². The van der Waals surface area contributed by atoms with Gasteiger partial charge >= 0.3 is 0 Å². The van der Waals surface area contributed by atoms with Crippen molar-refractivity contribution >= 4 is 21.4 Å². The highest BCUT2D eigenvalue weighted by atomic mass is 32.2. The summed E-state index contributed by atoms with van der Waals surface area (Å²) >= 11 is 1.43. The van der Waals surface area contributed by atoms with Crippen molar-refractivity contribution in [2.24, 2.45) is 5.92 Å². The molecule has 1 aliphatic carbocycles. The number of sulfonamides is 1. The Morgan fingerprint density at radius 2 is 2.19 bits per heavy atom. The van der Waals surface area contributed by atoms with E-state index in [9.17, 15) is 8.42 Å². The molecule has 2 bridgehead atoms. The van der Waals surface area contributed by atoms with Gasteiger partial charge in [-0.15, -0.1) is 11.3 Å². The van der Waals surface area contributed by atoms with Gasteiger partial charge in [0.25, 0.3) is 10.0 Å². The zero-order chi connectivity index (χ0) is 15.2. The molecule has 1 aromatic heterocycles. The summed E-state index contributed by atoms with van der Waals surface area (Å²) in [7, 11) is -3.29. The molecule has 0 radical (unpaired) electrons. The molecule has 21 heavy (non-hydrogen) atoms. The molecule has 2 fully saturated rings. The average molecular weight is 329 g/mol. The van der Waals surface area contributed by atoms with Gasteiger partial charge in [0, 0.05) is 30.1 Å². The molecule has 0 spiro atoms. The van der Waals surface area contributed by atoms with Crippen molar-refractivity contribution < 1.29 is 8.42 Å². The van der Waals surface area contributed by atoms with Crippen LogP contribution in [0.4, 0.5) is 0 Å². The maximum atomic E-state index is 12.8. The van der Waals surface area contributed by atoms with Crippen molar-refractivity contribution in [3.8, 4) is 0 Å². The molecule has 1 N–H and O–H groups in total. The first-order chi connectivity index (χ1) is 9.88. The molecule has 3 rings (SSSR count). The van der Waals surface area contributed by atoms with E-state index in [0.29, 0.717) is 16.2 Å². The standard InChI is InChI=1S/C15H24N2O2S2/c1-10(2)16-8-14-11(3)6-15(20-14)21(18,19)17-9-12-4-5-13(17)7-12/h6,10,12-13,16H,4-5,7-9H2,1-3H3. The lowest BCUT2D eigenvalue weighted by atomic mass is 10.1. The molecule has 1 aromatic rings. The Bertz CT molecular complexity index is 622. The predicted molar refractivity (Wildman–Crippen MR) is 86.1 cm³/mol.